The summed E-state index contributed by atoms with van der Waals surface area (Å²) in [6.45, 7) is 4.15. The summed E-state index contributed by atoms with van der Waals surface area (Å²) in [5.41, 5.74) is 1.04. The van der Waals surface area contributed by atoms with Gasteiger partial charge < -0.3 is 15.3 Å². The van der Waals surface area contributed by atoms with E-state index < -0.39 is 27.0 Å². The molecule has 2 saturated heterocycles. The molecule has 6 rings (SSSR count). The topological polar surface area (TPSA) is 142 Å². The zero-order valence-corrected chi connectivity index (χ0v) is 20.9. The Morgan fingerprint density at radius 1 is 1.33 bits per heavy atom. The number of halogens is 2. The van der Waals surface area contributed by atoms with E-state index in [1.807, 2.05) is 6.92 Å². The highest BCUT2D eigenvalue weighted by molar-refractivity contribution is 7.89. The zero-order valence-electron chi connectivity index (χ0n) is 19.3. The molecule has 0 spiro atoms. The Morgan fingerprint density at radius 3 is 2.72 bits per heavy atom. The molecule has 1 saturated carbocycles. The van der Waals surface area contributed by atoms with Gasteiger partial charge in [0.25, 0.3) is 12.9 Å². The van der Waals surface area contributed by atoms with Crippen LogP contribution in [0.3, 0.4) is 0 Å². The van der Waals surface area contributed by atoms with Gasteiger partial charge in [-0.05, 0) is 38.2 Å². The number of fused-ring (bicyclic) bond motifs is 3. The second-order valence-corrected chi connectivity index (χ2v) is 12.2. The molecule has 2 aliphatic heterocycles. The van der Waals surface area contributed by atoms with Crippen molar-refractivity contribution in [2.45, 2.75) is 49.1 Å². The minimum atomic E-state index is -3.80. The molecule has 36 heavy (non-hydrogen) atoms. The fourth-order valence-corrected chi connectivity index (χ4v) is 6.90. The van der Waals surface area contributed by atoms with Crippen molar-refractivity contribution in [2.24, 2.45) is 5.92 Å². The molecule has 2 atom stereocenters. The molecule has 3 fully saturated rings. The Balaban J connectivity index is 0.000000848. The number of pyridine rings is 1. The predicted molar refractivity (Wildman–Crippen MR) is 128 cm³/mol. The van der Waals surface area contributed by atoms with Gasteiger partial charge in [-0.2, -0.15) is 0 Å². The molecule has 2 unspecified atom stereocenters. The molecular formula is C21H25F2N7O4S2. The molecule has 194 valence electrons. The van der Waals surface area contributed by atoms with Crippen molar-refractivity contribution in [3.05, 3.63) is 23.5 Å². The number of rotatable bonds is 6. The van der Waals surface area contributed by atoms with Crippen LogP contribution in [0.5, 0.6) is 0 Å². The van der Waals surface area contributed by atoms with Crippen LogP contribution in [0.25, 0.3) is 16.3 Å². The molecule has 2 bridgehead atoms. The van der Waals surface area contributed by atoms with Crippen LogP contribution < -0.4 is 14.9 Å². The second kappa shape index (κ2) is 9.28. The number of nitrogens with one attached hydrogen (secondary N) is 2. The summed E-state index contributed by atoms with van der Waals surface area (Å²) in [7, 11) is -3.80. The van der Waals surface area contributed by atoms with Crippen LogP contribution in [0.1, 0.15) is 37.6 Å². The van der Waals surface area contributed by atoms with E-state index in [2.05, 4.69) is 30.1 Å². The lowest BCUT2D eigenvalue weighted by Crippen LogP contribution is -2.41. The first-order valence-electron chi connectivity index (χ1n) is 11.4. The number of sulfonamides is 1. The van der Waals surface area contributed by atoms with Gasteiger partial charge >= 0.3 is 0 Å². The summed E-state index contributed by atoms with van der Waals surface area (Å²) in [5.74, 6) is 0.787. The Morgan fingerprint density at radius 2 is 2.08 bits per heavy atom. The molecule has 5 heterocycles. The number of imidazole rings is 1. The van der Waals surface area contributed by atoms with Gasteiger partial charge in [-0.15, -0.1) is 10.2 Å². The second-order valence-electron chi connectivity index (χ2n) is 9.53. The van der Waals surface area contributed by atoms with E-state index in [9.17, 15) is 17.2 Å². The van der Waals surface area contributed by atoms with E-state index in [0.29, 0.717) is 23.3 Å². The molecule has 11 nitrogen and oxygen atoms in total. The van der Waals surface area contributed by atoms with E-state index in [4.69, 9.17) is 9.90 Å². The number of nitrogens with zero attached hydrogens (tertiary/aromatic N) is 5. The van der Waals surface area contributed by atoms with Gasteiger partial charge in [-0.25, -0.2) is 26.9 Å². The lowest BCUT2D eigenvalue weighted by molar-refractivity contribution is -0.122. The van der Waals surface area contributed by atoms with Crippen LogP contribution in [0.15, 0.2) is 23.4 Å². The molecule has 3 aromatic heterocycles. The van der Waals surface area contributed by atoms with Crippen molar-refractivity contribution in [3.8, 4) is 10.8 Å². The van der Waals surface area contributed by atoms with Gasteiger partial charge in [-0.3, -0.25) is 9.20 Å². The van der Waals surface area contributed by atoms with Gasteiger partial charge in [0, 0.05) is 37.4 Å². The Labute approximate surface area is 209 Å². The first kappa shape index (κ1) is 24.9. The number of alkyl halides is 2. The van der Waals surface area contributed by atoms with Crippen molar-refractivity contribution >= 4 is 39.0 Å². The van der Waals surface area contributed by atoms with Crippen LogP contribution in [0.4, 0.5) is 14.5 Å². The number of aromatic nitrogens is 4. The molecule has 15 heteroatoms. The van der Waals surface area contributed by atoms with Crippen molar-refractivity contribution in [2.75, 3.05) is 24.5 Å². The van der Waals surface area contributed by atoms with Crippen LogP contribution >= 0.6 is 11.3 Å². The Bertz CT molecular complexity index is 1380. The molecule has 0 radical (unpaired) electrons. The summed E-state index contributed by atoms with van der Waals surface area (Å²) in [6, 6.07) is 2.05. The van der Waals surface area contributed by atoms with E-state index in [1.165, 1.54) is 6.20 Å². The average molecular weight is 542 g/mol. The van der Waals surface area contributed by atoms with E-state index >= 15 is 0 Å². The molecule has 0 amide bonds. The molecule has 3 aromatic rings. The number of carboxylic acid groups (broad SMARTS) is 1. The predicted octanol–water partition coefficient (Wildman–Crippen LogP) is 2.12. The standard InChI is InChI=1S/C20H23F2N7O2S2.CH2O2/c1-20(2-3-20)27-33(30,31)13-5-14(28-8-11-4-12(9-28)23-6-11)15-7-24-17(29(15)10-13)19-26-25-18(32-19)16(21)22;2-1-3/h5,7,10-12,16,23,27H,2-4,6,8-9H2,1H3;1H,(H,2,3). The monoisotopic (exact) mass is 541 g/mol. The number of hydrogen-bond donors (Lipinski definition) is 3. The van der Waals surface area contributed by atoms with E-state index in [1.54, 1.807) is 16.7 Å². The molecule has 0 aromatic carbocycles. The van der Waals surface area contributed by atoms with Crippen molar-refractivity contribution in [3.63, 3.8) is 0 Å². The third kappa shape index (κ3) is 4.79. The van der Waals surface area contributed by atoms with Crippen molar-refractivity contribution < 1.29 is 27.1 Å². The number of hydrogen-bond acceptors (Lipinski definition) is 9. The van der Waals surface area contributed by atoms with E-state index in [0.717, 1.165) is 55.9 Å². The van der Waals surface area contributed by atoms with Gasteiger partial charge in [0.05, 0.1) is 17.4 Å². The summed E-state index contributed by atoms with van der Waals surface area (Å²) in [6.07, 6.45) is 3.10. The summed E-state index contributed by atoms with van der Waals surface area (Å²) < 4.78 is 57.2. The molecule has 3 aliphatic rings. The molecular weight excluding hydrogens is 516 g/mol. The lowest BCUT2D eigenvalue weighted by atomic mass is 9.99. The summed E-state index contributed by atoms with van der Waals surface area (Å²) in [4.78, 5) is 15.1. The lowest BCUT2D eigenvalue weighted by Gasteiger charge is -2.33. The molecule has 3 N–H and O–H groups in total. The third-order valence-electron chi connectivity index (χ3n) is 6.68. The van der Waals surface area contributed by atoms with E-state index in [-0.39, 0.29) is 16.4 Å². The Kier molecular flexibility index (Phi) is 6.43. The number of piperidine rings is 1. The number of anilines is 1. The average Bonchev–Trinajstić information content (AvgIpc) is 3.19. The fourth-order valence-electron chi connectivity index (χ4n) is 4.73. The highest BCUT2D eigenvalue weighted by atomic mass is 32.2. The first-order valence-corrected chi connectivity index (χ1v) is 13.7. The van der Waals surface area contributed by atoms with Gasteiger partial charge in [0.1, 0.15) is 4.90 Å². The maximum atomic E-state index is 13.3. The summed E-state index contributed by atoms with van der Waals surface area (Å²) in [5, 5.41) is 17.7. The largest absolute Gasteiger partial charge is 0.483 e. The smallest absolute Gasteiger partial charge is 0.291 e. The molecule has 1 aliphatic carbocycles. The normalized spacial score (nSPS) is 22.5. The minimum Gasteiger partial charge on any atom is -0.483 e. The fraction of sp³-hybridized carbons (Fsp3) is 0.524. The highest BCUT2D eigenvalue weighted by Crippen LogP contribution is 2.38. The zero-order chi connectivity index (χ0) is 25.7. The quantitative estimate of drug-likeness (QED) is 0.400. The van der Waals surface area contributed by atoms with Gasteiger partial charge in [0.15, 0.2) is 15.8 Å². The van der Waals surface area contributed by atoms with Gasteiger partial charge in [0.2, 0.25) is 10.0 Å². The minimum absolute atomic E-state index is 0.113. The Hall–Kier alpha value is -2.75. The third-order valence-corrected chi connectivity index (χ3v) is 9.21. The maximum absolute atomic E-state index is 13.3. The van der Waals surface area contributed by atoms with Crippen LogP contribution in [0.2, 0.25) is 0 Å². The van der Waals surface area contributed by atoms with Crippen LogP contribution in [-0.2, 0) is 14.8 Å². The maximum Gasteiger partial charge on any atom is 0.291 e. The van der Waals surface area contributed by atoms with Crippen molar-refractivity contribution in [1.29, 1.82) is 0 Å². The SMILES string of the molecule is CC1(NS(=O)(=O)c2cc(N3CC4CNC(C4)C3)c3cnc(-c4nnc(C(F)F)s4)n3c2)CC1.O=CO. The highest BCUT2D eigenvalue weighted by Gasteiger charge is 2.42. The van der Waals surface area contributed by atoms with Crippen LogP contribution in [-0.4, -0.2) is 70.8 Å². The summed E-state index contributed by atoms with van der Waals surface area (Å²) >= 11 is 0.755. The van der Waals surface area contributed by atoms with Gasteiger partial charge in [-0.1, -0.05) is 11.3 Å². The first-order chi connectivity index (χ1) is 17.1. The number of carbonyl (C=O) groups is 1. The van der Waals surface area contributed by atoms with Crippen LogP contribution in [0, 0.1) is 5.92 Å². The van der Waals surface area contributed by atoms with Crippen molar-refractivity contribution in [1.82, 2.24) is 29.6 Å².